The maximum absolute atomic E-state index is 4.04. The van der Waals surface area contributed by atoms with E-state index in [1.54, 1.807) is 0 Å². The molecule has 1 N–H and O–H groups in total. The summed E-state index contributed by atoms with van der Waals surface area (Å²) < 4.78 is 2.14. The van der Waals surface area contributed by atoms with Crippen molar-refractivity contribution < 1.29 is 0 Å². The zero-order valence-corrected chi connectivity index (χ0v) is 10.8. The fourth-order valence-corrected chi connectivity index (χ4v) is 2.38. The number of likely N-dealkylation sites (tertiary alicyclic amines) is 1. The largest absolute Gasteiger partial charge is 0.337 e. The number of imidazole rings is 1. The molecule has 1 fully saturated rings. The standard InChI is InChI=1S/C13H24N4/c1-16-8-3-13(4-9-16)11-14-5-2-7-17-10-6-15-12-17/h6,10,12-14H,2-5,7-9,11H2,1H3. The van der Waals surface area contributed by atoms with E-state index in [2.05, 4.69) is 26.8 Å². The molecule has 2 heterocycles. The lowest BCUT2D eigenvalue weighted by Gasteiger charge is -2.29. The molecule has 0 radical (unpaired) electrons. The second-order valence-corrected chi connectivity index (χ2v) is 5.10. The zero-order valence-electron chi connectivity index (χ0n) is 10.8. The molecule has 0 spiro atoms. The summed E-state index contributed by atoms with van der Waals surface area (Å²) in [6.07, 6.45) is 9.64. The van der Waals surface area contributed by atoms with E-state index in [0.717, 1.165) is 19.0 Å². The summed E-state index contributed by atoms with van der Waals surface area (Å²) >= 11 is 0. The minimum Gasteiger partial charge on any atom is -0.337 e. The first kappa shape index (κ1) is 12.6. The number of hydrogen-bond acceptors (Lipinski definition) is 3. The van der Waals surface area contributed by atoms with Gasteiger partial charge < -0.3 is 14.8 Å². The van der Waals surface area contributed by atoms with E-state index in [-0.39, 0.29) is 0 Å². The molecular formula is C13H24N4. The van der Waals surface area contributed by atoms with Crippen molar-refractivity contribution in [3.63, 3.8) is 0 Å². The highest BCUT2D eigenvalue weighted by atomic mass is 15.1. The number of hydrogen-bond donors (Lipinski definition) is 1. The Hall–Kier alpha value is -0.870. The van der Waals surface area contributed by atoms with E-state index >= 15 is 0 Å². The summed E-state index contributed by atoms with van der Waals surface area (Å²) in [4.78, 5) is 6.47. The molecule has 2 rings (SSSR count). The lowest BCUT2D eigenvalue weighted by molar-refractivity contribution is 0.216. The molecule has 96 valence electrons. The SMILES string of the molecule is CN1CCC(CNCCCn2ccnc2)CC1. The van der Waals surface area contributed by atoms with Crippen LogP contribution in [0.5, 0.6) is 0 Å². The Bertz CT molecular complexity index is 288. The molecular weight excluding hydrogens is 212 g/mol. The van der Waals surface area contributed by atoms with E-state index in [0.29, 0.717) is 0 Å². The van der Waals surface area contributed by atoms with Crippen molar-refractivity contribution in [3.8, 4) is 0 Å². The van der Waals surface area contributed by atoms with Crippen molar-refractivity contribution in [2.24, 2.45) is 5.92 Å². The van der Waals surface area contributed by atoms with Crippen molar-refractivity contribution in [1.29, 1.82) is 0 Å². The number of piperidine rings is 1. The predicted octanol–water partition coefficient (Wildman–Crippen LogP) is 1.20. The van der Waals surface area contributed by atoms with Crippen LogP contribution < -0.4 is 5.32 Å². The molecule has 0 amide bonds. The molecule has 0 unspecified atom stereocenters. The smallest absolute Gasteiger partial charge is 0.0945 e. The van der Waals surface area contributed by atoms with Gasteiger partial charge in [0.05, 0.1) is 6.33 Å². The van der Waals surface area contributed by atoms with Crippen LogP contribution in [0.4, 0.5) is 0 Å². The second-order valence-electron chi connectivity index (χ2n) is 5.10. The summed E-state index contributed by atoms with van der Waals surface area (Å²) in [7, 11) is 2.22. The van der Waals surface area contributed by atoms with Gasteiger partial charge in [0, 0.05) is 18.9 Å². The van der Waals surface area contributed by atoms with Crippen LogP contribution in [0.1, 0.15) is 19.3 Å². The maximum atomic E-state index is 4.04. The number of aryl methyl sites for hydroxylation is 1. The fourth-order valence-electron chi connectivity index (χ4n) is 2.38. The van der Waals surface area contributed by atoms with Gasteiger partial charge in [-0.25, -0.2) is 4.98 Å². The summed E-state index contributed by atoms with van der Waals surface area (Å²) in [5.74, 6) is 0.888. The molecule has 17 heavy (non-hydrogen) atoms. The predicted molar refractivity (Wildman–Crippen MR) is 69.9 cm³/mol. The highest BCUT2D eigenvalue weighted by molar-refractivity contribution is 4.74. The molecule has 1 saturated heterocycles. The van der Waals surface area contributed by atoms with E-state index < -0.39 is 0 Å². The van der Waals surface area contributed by atoms with Crippen LogP contribution >= 0.6 is 0 Å². The Kier molecular flexibility index (Phi) is 5.01. The van der Waals surface area contributed by atoms with Gasteiger partial charge in [0.15, 0.2) is 0 Å². The average molecular weight is 236 g/mol. The maximum Gasteiger partial charge on any atom is 0.0945 e. The Balaban J connectivity index is 1.49. The molecule has 0 aliphatic carbocycles. The van der Waals surface area contributed by atoms with Gasteiger partial charge >= 0.3 is 0 Å². The normalized spacial score (nSPS) is 18.6. The topological polar surface area (TPSA) is 33.1 Å². The van der Waals surface area contributed by atoms with Gasteiger partial charge in [0.1, 0.15) is 0 Å². The highest BCUT2D eigenvalue weighted by Crippen LogP contribution is 2.14. The molecule has 0 atom stereocenters. The van der Waals surface area contributed by atoms with Crippen LogP contribution in [0.3, 0.4) is 0 Å². The van der Waals surface area contributed by atoms with E-state index in [9.17, 15) is 0 Å². The number of rotatable bonds is 6. The summed E-state index contributed by atoms with van der Waals surface area (Å²) in [6, 6.07) is 0. The second kappa shape index (κ2) is 6.77. The van der Waals surface area contributed by atoms with Crippen LogP contribution in [0, 0.1) is 5.92 Å². The third-order valence-electron chi connectivity index (χ3n) is 3.60. The van der Waals surface area contributed by atoms with Crippen molar-refractivity contribution in [2.45, 2.75) is 25.8 Å². The van der Waals surface area contributed by atoms with Crippen LogP contribution in [0.25, 0.3) is 0 Å². The number of nitrogens with zero attached hydrogens (tertiary/aromatic N) is 3. The van der Waals surface area contributed by atoms with E-state index in [1.165, 1.54) is 38.9 Å². The van der Waals surface area contributed by atoms with Crippen LogP contribution in [0.2, 0.25) is 0 Å². The highest BCUT2D eigenvalue weighted by Gasteiger charge is 2.15. The first-order valence-corrected chi connectivity index (χ1v) is 6.69. The summed E-state index contributed by atoms with van der Waals surface area (Å²) in [6.45, 7) is 5.91. The number of nitrogens with one attached hydrogen (secondary N) is 1. The van der Waals surface area contributed by atoms with Gasteiger partial charge in [-0.1, -0.05) is 0 Å². The van der Waals surface area contributed by atoms with Crippen LogP contribution in [0.15, 0.2) is 18.7 Å². The molecule has 4 heteroatoms. The molecule has 1 aliphatic heterocycles. The van der Waals surface area contributed by atoms with Crippen molar-refractivity contribution in [1.82, 2.24) is 19.8 Å². The van der Waals surface area contributed by atoms with Gasteiger partial charge in [-0.05, 0) is 58.4 Å². The lowest BCUT2D eigenvalue weighted by Crippen LogP contribution is -2.35. The minimum absolute atomic E-state index is 0.888. The first-order chi connectivity index (χ1) is 8.34. The molecule has 1 aromatic heterocycles. The molecule has 0 aromatic carbocycles. The quantitative estimate of drug-likeness (QED) is 0.754. The molecule has 4 nitrogen and oxygen atoms in total. The molecule has 1 aromatic rings. The monoisotopic (exact) mass is 236 g/mol. The van der Waals surface area contributed by atoms with Gasteiger partial charge in [0.25, 0.3) is 0 Å². The molecule has 0 bridgehead atoms. The Morgan fingerprint density at radius 2 is 2.18 bits per heavy atom. The van der Waals surface area contributed by atoms with E-state index in [1.807, 2.05) is 18.7 Å². The van der Waals surface area contributed by atoms with Gasteiger partial charge in [-0.3, -0.25) is 0 Å². The van der Waals surface area contributed by atoms with Gasteiger partial charge in [-0.15, -0.1) is 0 Å². The lowest BCUT2D eigenvalue weighted by atomic mass is 9.97. The van der Waals surface area contributed by atoms with Crippen molar-refractivity contribution in [3.05, 3.63) is 18.7 Å². The molecule has 0 saturated carbocycles. The minimum atomic E-state index is 0.888. The summed E-state index contributed by atoms with van der Waals surface area (Å²) in [5, 5.41) is 3.58. The fraction of sp³-hybridized carbons (Fsp3) is 0.769. The van der Waals surface area contributed by atoms with Crippen molar-refractivity contribution >= 4 is 0 Å². The van der Waals surface area contributed by atoms with Gasteiger partial charge in [0.2, 0.25) is 0 Å². The Morgan fingerprint density at radius 3 is 2.88 bits per heavy atom. The van der Waals surface area contributed by atoms with Gasteiger partial charge in [-0.2, -0.15) is 0 Å². The Morgan fingerprint density at radius 1 is 1.35 bits per heavy atom. The third-order valence-corrected chi connectivity index (χ3v) is 3.60. The third kappa shape index (κ3) is 4.48. The van der Waals surface area contributed by atoms with Crippen LogP contribution in [-0.2, 0) is 6.54 Å². The zero-order chi connectivity index (χ0) is 11.9. The first-order valence-electron chi connectivity index (χ1n) is 6.69. The molecule has 1 aliphatic rings. The summed E-state index contributed by atoms with van der Waals surface area (Å²) in [5.41, 5.74) is 0. The van der Waals surface area contributed by atoms with E-state index in [4.69, 9.17) is 0 Å². The van der Waals surface area contributed by atoms with Crippen LogP contribution in [-0.4, -0.2) is 47.7 Å². The average Bonchev–Trinajstić information content (AvgIpc) is 2.84. The van der Waals surface area contributed by atoms with Crippen molar-refractivity contribution in [2.75, 3.05) is 33.2 Å². The Labute approximate surface area is 104 Å². The number of aromatic nitrogens is 2.